The van der Waals surface area contributed by atoms with E-state index in [-0.39, 0.29) is 5.91 Å². The Morgan fingerprint density at radius 3 is 2.89 bits per heavy atom. The molecule has 1 aliphatic rings. The van der Waals surface area contributed by atoms with Crippen molar-refractivity contribution in [3.05, 3.63) is 30.1 Å². The number of amides is 1. The second kappa shape index (κ2) is 7.89. The number of pyridine rings is 1. The Morgan fingerprint density at radius 2 is 2.16 bits per heavy atom. The highest BCUT2D eigenvalue weighted by atomic mass is 16.5. The fourth-order valence-corrected chi connectivity index (χ4v) is 2.34. The van der Waals surface area contributed by atoms with E-state index in [0.717, 1.165) is 13.0 Å². The van der Waals surface area contributed by atoms with Crippen molar-refractivity contribution < 1.29 is 9.53 Å². The summed E-state index contributed by atoms with van der Waals surface area (Å²) in [7, 11) is 0. The van der Waals surface area contributed by atoms with Crippen LogP contribution in [0.15, 0.2) is 24.4 Å². The molecule has 1 heterocycles. The molecule has 0 unspecified atom stereocenters. The number of carbonyl (C=O) groups excluding carboxylic acids is 1. The summed E-state index contributed by atoms with van der Waals surface area (Å²) in [6.07, 6.45) is 9.25. The van der Waals surface area contributed by atoms with Gasteiger partial charge in [0, 0.05) is 19.3 Å². The number of rotatable bonds is 6. The monoisotopic (exact) mass is 262 g/mol. The summed E-state index contributed by atoms with van der Waals surface area (Å²) in [5, 5.41) is 2.86. The Balaban J connectivity index is 1.55. The second-order valence-electron chi connectivity index (χ2n) is 4.96. The van der Waals surface area contributed by atoms with Gasteiger partial charge in [-0.2, -0.15) is 0 Å². The highest BCUT2D eigenvalue weighted by Crippen LogP contribution is 2.20. The summed E-state index contributed by atoms with van der Waals surface area (Å²) in [4.78, 5) is 15.7. The zero-order valence-corrected chi connectivity index (χ0v) is 11.3. The molecule has 19 heavy (non-hydrogen) atoms. The first-order valence-corrected chi connectivity index (χ1v) is 7.17. The maximum absolute atomic E-state index is 11.7. The number of aromatic nitrogens is 1. The summed E-state index contributed by atoms with van der Waals surface area (Å²) in [5.41, 5.74) is 0.468. The zero-order chi connectivity index (χ0) is 13.3. The average Bonchev–Trinajstić information content (AvgIpc) is 2.49. The van der Waals surface area contributed by atoms with Gasteiger partial charge in [0.15, 0.2) is 0 Å². The second-order valence-corrected chi connectivity index (χ2v) is 4.96. The summed E-state index contributed by atoms with van der Waals surface area (Å²) in [5.74, 6) is -0.113. The van der Waals surface area contributed by atoms with E-state index in [0.29, 0.717) is 18.3 Å². The van der Waals surface area contributed by atoms with Gasteiger partial charge in [-0.15, -0.1) is 0 Å². The first-order valence-electron chi connectivity index (χ1n) is 7.17. The maximum Gasteiger partial charge on any atom is 0.269 e. The highest BCUT2D eigenvalue weighted by molar-refractivity contribution is 5.92. The van der Waals surface area contributed by atoms with Crippen LogP contribution in [0.3, 0.4) is 0 Å². The molecule has 1 N–H and O–H groups in total. The number of hydrogen-bond acceptors (Lipinski definition) is 3. The van der Waals surface area contributed by atoms with Crippen molar-refractivity contribution in [3.8, 4) is 0 Å². The van der Waals surface area contributed by atoms with Crippen LogP contribution in [-0.4, -0.2) is 30.1 Å². The van der Waals surface area contributed by atoms with Gasteiger partial charge in [-0.25, -0.2) is 0 Å². The molecule has 0 bridgehead atoms. The summed E-state index contributed by atoms with van der Waals surface area (Å²) in [6, 6.07) is 5.33. The maximum atomic E-state index is 11.7. The van der Waals surface area contributed by atoms with Crippen LogP contribution in [0.25, 0.3) is 0 Å². The van der Waals surface area contributed by atoms with Crippen molar-refractivity contribution in [1.82, 2.24) is 10.3 Å². The molecule has 0 aliphatic heterocycles. The van der Waals surface area contributed by atoms with Crippen LogP contribution in [0.4, 0.5) is 0 Å². The molecule has 1 aromatic heterocycles. The van der Waals surface area contributed by atoms with E-state index in [9.17, 15) is 4.79 Å². The number of nitrogens with one attached hydrogen (secondary N) is 1. The van der Waals surface area contributed by atoms with Crippen molar-refractivity contribution in [2.45, 2.75) is 44.6 Å². The molecule has 0 radical (unpaired) electrons. The zero-order valence-electron chi connectivity index (χ0n) is 11.3. The van der Waals surface area contributed by atoms with Crippen LogP contribution in [0, 0.1) is 0 Å². The largest absolute Gasteiger partial charge is 0.378 e. The third kappa shape index (κ3) is 4.99. The molecule has 1 amide bonds. The molecule has 0 aromatic carbocycles. The van der Waals surface area contributed by atoms with Crippen LogP contribution >= 0.6 is 0 Å². The van der Waals surface area contributed by atoms with Gasteiger partial charge in [0.05, 0.1) is 6.10 Å². The molecule has 1 fully saturated rings. The Kier molecular flexibility index (Phi) is 5.82. The average molecular weight is 262 g/mol. The predicted octanol–water partition coefficient (Wildman–Crippen LogP) is 2.55. The number of hydrogen-bond donors (Lipinski definition) is 1. The van der Waals surface area contributed by atoms with E-state index in [1.54, 1.807) is 18.3 Å². The minimum Gasteiger partial charge on any atom is -0.378 e. The van der Waals surface area contributed by atoms with E-state index in [1.807, 2.05) is 6.07 Å². The molecule has 0 saturated heterocycles. The number of carbonyl (C=O) groups is 1. The van der Waals surface area contributed by atoms with Gasteiger partial charge in [0.1, 0.15) is 5.69 Å². The normalized spacial score (nSPS) is 16.2. The van der Waals surface area contributed by atoms with Crippen molar-refractivity contribution in [2.24, 2.45) is 0 Å². The fourth-order valence-electron chi connectivity index (χ4n) is 2.34. The lowest BCUT2D eigenvalue weighted by atomic mass is 9.98. The van der Waals surface area contributed by atoms with Gasteiger partial charge in [0.2, 0.25) is 0 Å². The van der Waals surface area contributed by atoms with E-state index in [1.165, 1.54) is 32.1 Å². The van der Waals surface area contributed by atoms with Crippen LogP contribution in [0.5, 0.6) is 0 Å². The third-order valence-electron chi connectivity index (χ3n) is 3.41. The summed E-state index contributed by atoms with van der Waals surface area (Å²) in [6.45, 7) is 1.37. The van der Waals surface area contributed by atoms with Gasteiger partial charge in [0.25, 0.3) is 5.91 Å². The van der Waals surface area contributed by atoms with Crippen molar-refractivity contribution >= 4 is 5.91 Å². The topological polar surface area (TPSA) is 51.2 Å². The molecule has 2 rings (SSSR count). The van der Waals surface area contributed by atoms with Gasteiger partial charge in [-0.1, -0.05) is 25.3 Å². The van der Waals surface area contributed by atoms with Gasteiger partial charge in [-0.3, -0.25) is 9.78 Å². The highest BCUT2D eigenvalue weighted by Gasteiger charge is 2.13. The van der Waals surface area contributed by atoms with Crippen molar-refractivity contribution in [1.29, 1.82) is 0 Å². The van der Waals surface area contributed by atoms with Gasteiger partial charge >= 0.3 is 0 Å². The Morgan fingerprint density at radius 1 is 1.32 bits per heavy atom. The van der Waals surface area contributed by atoms with E-state index in [4.69, 9.17) is 4.74 Å². The Bertz CT molecular complexity index is 375. The van der Waals surface area contributed by atoms with E-state index >= 15 is 0 Å². The fraction of sp³-hybridized carbons (Fsp3) is 0.600. The molecule has 0 atom stereocenters. The molecule has 1 aromatic rings. The summed E-state index contributed by atoms with van der Waals surface area (Å²) >= 11 is 0. The predicted molar refractivity (Wildman–Crippen MR) is 74.0 cm³/mol. The standard InChI is InChI=1S/C15H22N2O2/c18-15(14-9-4-5-10-16-14)17-11-6-12-19-13-7-2-1-3-8-13/h4-5,9-10,13H,1-3,6-8,11-12H2,(H,17,18). The lowest BCUT2D eigenvalue weighted by molar-refractivity contribution is 0.0273. The molecule has 0 spiro atoms. The smallest absolute Gasteiger partial charge is 0.269 e. The number of ether oxygens (including phenoxy) is 1. The third-order valence-corrected chi connectivity index (χ3v) is 3.41. The quantitative estimate of drug-likeness (QED) is 0.802. The molecular weight excluding hydrogens is 240 g/mol. The minimum atomic E-state index is -0.113. The first-order chi connectivity index (χ1) is 9.36. The minimum absolute atomic E-state index is 0.113. The molecular formula is C15H22N2O2. The first kappa shape index (κ1) is 14.0. The lowest BCUT2D eigenvalue weighted by Crippen LogP contribution is -2.26. The van der Waals surface area contributed by atoms with Crippen LogP contribution < -0.4 is 5.32 Å². The van der Waals surface area contributed by atoms with Crippen molar-refractivity contribution in [2.75, 3.05) is 13.2 Å². The molecule has 1 aliphatic carbocycles. The van der Waals surface area contributed by atoms with E-state index in [2.05, 4.69) is 10.3 Å². The molecule has 4 nitrogen and oxygen atoms in total. The molecule has 104 valence electrons. The van der Waals surface area contributed by atoms with Crippen molar-refractivity contribution in [3.63, 3.8) is 0 Å². The van der Waals surface area contributed by atoms with Crippen LogP contribution in [0.2, 0.25) is 0 Å². The van der Waals surface area contributed by atoms with Crippen LogP contribution in [-0.2, 0) is 4.74 Å². The molecule has 1 saturated carbocycles. The van der Waals surface area contributed by atoms with Gasteiger partial charge < -0.3 is 10.1 Å². The Labute approximate surface area is 114 Å². The molecule has 4 heteroatoms. The SMILES string of the molecule is O=C(NCCCOC1CCCCC1)c1ccccn1. The lowest BCUT2D eigenvalue weighted by Gasteiger charge is -2.21. The Hall–Kier alpha value is -1.42. The van der Waals surface area contributed by atoms with Crippen LogP contribution in [0.1, 0.15) is 49.0 Å². The summed E-state index contributed by atoms with van der Waals surface area (Å²) < 4.78 is 5.80. The van der Waals surface area contributed by atoms with E-state index < -0.39 is 0 Å². The van der Waals surface area contributed by atoms with Gasteiger partial charge in [-0.05, 0) is 31.4 Å². The number of nitrogens with zero attached hydrogens (tertiary/aromatic N) is 1.